The molecule has 0 amide bonds. The molecule has 0 radical (unpaired) electrons. The molecule has 1 atom stereocenters. The van der Waals surface area contributed by atoms with Crippen LogP contribution in [0, 0.1) is 12.8 Å². The van der Waals surface area contributed by atoms with E-state index in [0.29, 0.717) is 28.4 Å². The first-order valence-corrected chi connectivity index (χ1v) is 13.5. The number of oxime groups is 1. The minimum absolute atomic E-state index is 0.0630. The van der Waals surface area contributed by atoms with E-state index >= 15 is 0 Å². The van der Waals surface area contributed by atoms with E-state index in [1.807, 2.05) is 55.5 Å². The quantitative estimate of drug-likeness (QED) is 0.134. The van der Waals surface area contributed by atoms with Gasteiger partial charge in [0.05, 0.1) is 16.5 Å². The lowest BCUT2D eigenvalue weighted by atomic mass is 9.97. The number of benzene rings is 3. The van der Waals surface area contributed by atoms with Gasteiger partial charge < -0.3 is 14.1 Å². The largest absolute Gasteiger partial charge is 0.432 e. The van der Waals surface area contributed by atoms with Gasteiger partial charge >= 0.3 is 11.9 Å². The topological polar surface area (TPSA) is 87.0 Å². The molecule has 0 aliphatic carbocycles. The minimum atomic E-state index is -0.645. The van der Waals surface area contributed by atoms with E-state index in [2.05, 4.69) is 23.6 Å². The summed E-state index contributed by atoms with van der Waals surface area (Å²) >= 11 is 0. The van der Waals surface area contributed by atoms with Crippen LogP contribution in [0.15, 0.2) is 59.8 Å². The molecule has 0 fully saturated rings. The Balaban J connectivity index is 1.71. The first-order chi connectivity index (χ1) is 18.8. The van der Waals surface area contributed by atoms with Crippen molar-refractivity contribution in [2.45, 2.75) is 59.9 Å². The Labute approximate surface area is 227 Å². The van der Waals surface area contributed by atoms with Crippen molar-refractivity contribution in [1.82, 2.24) is 4.57 Å². The van der Waals surface area contributed by atoms with Crippen LogP contribution in [0.1, 0.15) is 78.3 Å². The number of rotatable bonds is 9. The number of ether oxygens (including phenoxy) is 1. The molecule has 5 rings (SSSR count). The fourth-order valence-corrected chi connectivity index (χ4v) is 5.36. The van der Waals surface area contributed by atoms with Gasteiger partial charge in [0.2, 0.25) is 0 Å². The highest BCUT2D eigenvalue weighted by molar-refractivity contribution is 6.47. The van der Waals surface area contributed by atoms with Crippen LogP contribution in [-0.4, -0.2) is 28.0 Å². The second-order valence-corrected chi connectivity index (χ2v) is 10.1. The van der Waals surface area contributed by atoms with E-state index < -0.39 is 11.8 Å². The molecule has 7 heteroatoms. The molecule has 0 N–H and O–H groups in total. The molecule has 3 aromatic carbocycles. The van der Waals surface area contributed by atoms with Crippen LogP contribution in [0.2, 0.25) is 0 Å². The van der Waals surface area contributed by atoms with Crippen molar-refractivity contribution in [3.05, 3.63) is 76.9 Å². The number of fused-ring (bicyclic) bond motifs is 5. The summed E-state index contributed by atoms with van der Waals surface area (Å²) in [5.74, 6) is -0.588. The molecule has 0 bridgehead atoms. The summed E-state index contributed by atoms with van der Waals surface area (Å²) in [6, 6.07) is 17.0. The lowest BCUT2D eigenvalue weighted by Gasteiger charge is -2.17. The predicted molar refractivity (Wildman–Crippen MR) is 152 cm³/mol. The summed E-state index contributed by atoms with van der Waals surface area (Å²) in [7, 11) is 0. The zero-order chi connectivity index (χ0) is 27.7. The number of Topliss-reactive ketones (excluding diaryl/α,β-unsaturated/α-hetero) is 1. The number of aryl methyl sites for hydroxylation is 1. The van der Waals surface area contributed by atoms with Gasteiger partial charge in [0, 0.05) is 35.5 Å². The van der Waals surface area contributed by atoms with Crippen molar-refractivity contribution >= 4 is 45.2 Å². The minimum Gasteiger partial charge on any atom is -0.432 e. The third-order valence-electron chi connectivity index (χ3n) is 7.51. The number of unbranched alkanes of at least 4 members (excludes halogenated alkanes) is 1. The van der Waals surface area contributed by atoms with Gasteiger partial charge in [0.1, 0.15) is 0 Å². The van der Waals surface area contributed by atoms with Crippen LogP contribution in [0.4, 0.5) is 0 Å². The lowest BCUT2D eigenvalue weighted by molar-refractivity contribution is -0.141. The number of carbonyl (C=O) groups is 3. The van der Waals surface area contributed by atoms with Gasteiger partial charge in [-0.2, -0.15) is 0 Å². The van der Waals surface area contributed by atoms with Crippen molar-refractivity contribution in [3.8, 4) is 5.75 Å². The van der Waals surface area contributed by atoms with Crippen molar-refractivity contribution in [2.24, 2.45) is 11.1 Å². The van der Waals surface area contributed by atoms with Crippen molar-refractivity contribution in [3.63, 3.8) is 0 Å². The molecule has 0 spiro atoms. The average molecular weight is 525 g/mol. The highest BCUT2D eigenvalue weighted by Gasteiger charge is 2.34. The van der Waals surface area contributed by atoms with Crippen LogP contribution in [-0.2, 0) is 16.2 Å². The Hall–Kier alpha value is -4.26. The van der Waals surface area contributed by atoms with Gasteiger partial charge in [-0.05, 0) is 60.3 Å². The van der Waals surface area contributed by atoms with Gasteiger partial charge in [-0.1, -0.05) is 57.4 Å². The molecule has 39 heavy (non-hydrogen) atoms. The Morgan fingerprint density at radius 2 is 1.82 bits per heavy atom. The highest BCUT2D eigenvalue weighted by atomic mass is 16.7. The monoisotopic (exact) mass is 524 g/mol. The molecule has 4 aromatic rings. The Kier molecular flexibility index (Phi) is 7.33. The van der Waals surface area contributed by atoms with E-state index in [1.54, 1.807) is 6.07 Å². The molecular formula is C32H32N2O5. The smallest absolute Gasteiger partial charge is 0.332 e. The lowest BCUT2D eigenvalue weighted by Crippen LogP contribution is -2.13. The highest BCUT2D eigenvalue weighted by Crippen LogP contribution is 2.42. The molecule has 1 aliphatic heterocycles. The maximum Gasteiger partial charge on any atom is 0.332 e. The summed E-state index contributed by atoms with van der Waals surface area (Å²) in [6.45, 7) is 8.35. The summed E-state index contributed by atoms with van der Waals surface area (Å²) in [4.78, 5) is 42.5. The van der Waals surface area contributed by atoms with E-state index in [0.717, 1.165) is 59.6 Å². The summed E-state index contributed by atoms with van der Waals surface area (Å²) in [5, 5.41) is 5.21. The fourth-order valence-electron chi connectivity index (χ4n) is 5.36. The summed E-state index contributed by atoms with van der Waals surface area (Å²) in [5.41, 5.74) is 4.36. The number of hydrogen-bond acceptors (Lipinski definition) is 6. The van der Waals surface area contributed by atoms with Crippen LogP contribution in [0.3, 0.4) is 0 Å². The van der Waals surface area contributed by atoms with Gasteiger partial charge in [-0.15, -0.1) is 0 Å². The maximum absolute atomic E-state index is 13.5. The molecule has 1 aliphatic rings. The predicted octanol–water partition coefficient (Wildman–Crippen LogP) is 7.00. The van der Waals surface area contributed by atoms with E-state index in [1.165, 1.54) is 6.92 Å². The SMILES string of the molecule is CCCCC(CC)Cn1c2ccc(C(=O)c3ccccc3C)cc2c2c3c(ccc21)C(=O)/C(=N/OC(C)=O)O3. The molecule has 0 saturated heterocycles. The van der Waals surface area contributed by atoms with Crippen molar-refractivity contribution < 1.29 is 24.0 Å². The standard InChI is InChI=1S/C32H32N2O5/c1-5-7-11-21(6-2)18-34-26-15-13-22(29(36)23-12-9-8-10-19(23)3)17-25(26)28-27(34)16-14-24-30(37)32(38-31(24)28)33-39-20(4)35/h8-10,12-17,21H,5-7,11,18H2,1-4H3/b33-32-. The van der Waals surface area contributed by atoms with Crippen LogP contribution < -0.4 is 4.74 Å². The van der Waals surface area contributed by atoms with Gasteiger partial charge in [0.15, 0.2) is 11.5 Å². The molecule has 0 saturated carbocycles. The number of aromatic nitrogens is 1. The zero-order valence-electron chi connectivity index (χ0n) is 22.7. The molecular weight excluding hydrogens is 492 g/mol. The van der Waals surface area contributed by atoms with E-state index in [-0.39, 0.29) is 11.7 Å². The molecule has 200 valence electrons. The maximum atomic E-state index is 13.5. The molecule has 1 unspecified atom stereocenters. The van der Waals surface area contributed by atoms with Crippen LogP contribution in [0.25, 0.3) is 21.8 Å². The average Bonchev–Trinajstić information content (AvgIpc) is 3.43. The number of carbonyl (C=O) groups excluding carboxylic acids is 3. The zero-order valence-corrected chi connectivity index (χ0v) is 22.7. The van der Waals surface area contributed by atoms with E-state index in [4.69, 9.17) is 9.57 Å². The molecule has 7 nitrogen and oxygen atoms in total. The normalized spacial score (nSPS) is 14.6. The molecule has 2 heterocycles. The Morgan fingerprint density at radius 3 is 2.54 bits per heavy atom. The third-order valence-corrected chi connectivity index (χ3v) is 7.51. The number of hydrogen-bond donors (Lipinski definition) is 0. The Morgan fingerprint density at radius 1 is 1.05 bits per heavy atom. The van der Waals surface area contributed by atoms with Crippen LogP contribution >= 0.6 is 0 Å². The van der Waals surface area contributed by atoms with Gasteiger partial charge in [0.25, 0.3) is 5.78 Å². The summed E-state index contributed by atoms with van der Waals surface area (Å²) < 4.78 is 8.20. The van der Waals surface area contributed by atoms with Crippen molar-refractivity contribution in [2.75, 3.05) is 0 Å². The number of ketones is 2. The second-order valence-electron chi connectivity index (χ2n) is 10.1. The van der Waals surface area contributed by atoms with Crippen LogP contribution in [0.5, 0.6) is 5.75 Å². The molecule has 1 aromatic heterocycles. The van der Waals surface area contributed by atoms with Gasteiger partial charge in [-0.3, -0.25) is 9.59 Å². The third kappa shape index (κ3) is 4.85. The van der Waals surface area contributed by atoms with Crippen molar-refractivity contribution in [1.29, 1.82) is 0 Å². The first kappa shape index (κ1) is 26.4. The summed E-state index contributed by atoms with van der Waals surface area (Å²) in [6.07, 6.45) is 4.47. The van der Waals surface area contributed by atoms with E-state index in [9.17, 15) is 14.4 Å². The Bertz CT molecular complexity index is 1650. The van der Waals surface area contributed by atoms with Gasteiger partial charge in [-0.25, -0.2) is 4.79 Å². The number of nitrogens with zero attached hydrogens (tertiary/aromatic N) is 2. The second kappa shape index (κ2) is 10.8. The fraction of sp³-hybridized carbons (Fsp3) is 0.312. The first-order valence-electron chi connectivity index (χ1n) is 13.5.